The second kappa shape index (κ2) is 5.60. The average molecular weight is 243 g/mol. The average Bonchev–Trinajstić information content (AvgIpc) is 2.28. The van der Waals surface area contributed by atoms with Crippen LogP contribution in [0, 0.1) is 6.92 Å². The van der Waals surface area contributed by atoms with Crippen molar-refractivity contribution in [2.45, 2.75) is 26.4 Å². The fourth-order valence-corrected chi connectivity index (χ4v) is 1.75. The summed E-state index contributed by atoms with van der Waals surface area (Å²) in [6.45, 7) is 3.67. The van der Waals surface area contributed by atoms with E-state index in [1.807, 2.05) is 43.3 Å². The van der Waals surface area contributed by atoms with E-state index in [4.69, 9.17) is 0 Å². The smallest absolute Gasteiger partial charge is 0.227 e. The van der Waals surface area contributed by atoms with Gasteiger partial charge in [0.15, 0.2) is 0 Å². The topological polar surface area (TPSA) is 58.0 Å². The molecule has 18 heavy (non-hydrogen) atoms. The van der Waals surface area contributed by atoms with Crippen molar-refractivity contribution in [3.8, 4) is 0 Å². The first-order chi connectivity index (χ1) is 8.63. The highest BCUT2D eigenvalue weighted by atomic mass is 16.3. The lowest BCUT2D eigenvalue weighted by Gasteiger charge is -2.09. The molecule has 1 aromatic carbocycles. The summed E-state index contributed by atoms with van der Waals surface area (Å²) in [6.07, 6.45) is 0.135. The van der Waals surface area contributed by atoms with Crippen LogP contribution in [0.3, 0.4) is 0 Å². The van der Waals surface area contributed by atoms with Gasteiger partial charge in [-0.25, -0.2) is 9.97 Å². The lowest BCUT2D eigenvalue weighted by atomic mass is 10.2. The van der Waals surface area contributed by atoms with Crippen LogP contribution in [0.15, 0.2) is 36.4 Å². The first kappa shape index (κ1) is 12.5. The normalized spacial score (nSPS) is 12.2. The number of aromatic nitrogens is 2. The number of nitrogens with one attached hydrogen (secondary N) is 1. The Hall–Kier alpha value is -1.94. The zero-order valence-electron chi connectivity index (χ0n) is 10.6. The molecule has 0 aliphatic carbocycles. The van der Waals surface area contributed by atoms with Gasteiger partial charge in [-0.1, -0.05) is 18.2 Å². The summed E-state index contributed by atoms with van der Waals surface area (Å²) >= 11 is 0. The molecule has 0 radical (unpaired) electrons. The van der Waals surface area contributed by atoms with E-state index in [1.165, 1.54) is 0 Å². The van der Waals surface area contributed by atoms with Crippen LogP contribution >= 0.6 is 0 Å². The summed E-state index contributed by atoms with van der Waals surface area (Å²) in [5.41, 5.74) is 2.68. The van der Waals surface area contributed by atoms with Crippen molar-refractivity contribution in [1.82, 2.24) is 9.97 Å². The molecule has 2 N–H and O–H groups in total. The predicted octanol–water partition coefficient (Wildman–Crippen LogP) is 2.45. The first-order valence-corrected chi connectivity index (χ1v) is 5.98. The molecule has 94 valence electrons. The molecule has 1 aromatic heterocycles. The molecule has 2 rings (SSSR count). The maximum atomic E-state index is 9.40. The Morgan fingerprint density at radius 1 is 1.22 bits per heavy atom. The van der Waals surface area contributed by atoms with Gasteiger partial charge < -0.3 is 10.4 Å². The van der Waals surface area contributed by atoms with Crippen molar-refractivity contribution < 1.29 is 5.11 Å². The Morgan fingerprint density at radius 3 is 2.61 bits per heavy atom. The Bertz CT molecular complexity index is 512. The molecule has 2 aromatic rings. The lowest BCUT2D eigenvalue weighted by Crippen LogP contribution is -2.08. The second-order valence-electron chi connectivity index (χ2n) is 4.37. The fourth-order valence-electron chi connectivity index (χ4n) is 1.75. The minimum Gasteiger partial charge on any atom is -0.393 e. The van der Waals surface area contributed by atoms with Gasteiger partial charge in [0.25, 0.3) is 0 Å². The molecule has 4 nitrogen and oxygen atoms in total. The molecule has 0 saturated heterocycles. The SMILES string of the molecule is Cc1cc(CC(C)O)nc(Nc2ccccc2)n1. The molecule has 0 aliphatic heterocycles. The number of hydrogen-bond acceptors (Lipinski definition) is 4. The predicted molar refractivity (Wildman–Crippen MR) is 71.9 cm³/mol. The van der Waals surface area contributed by atoms with Crippen molar-refractivity contribution in [2.24, 2.45) is 0 Å². The molecule has 0 aliphatic rings. The maximum Gasteiger partial charge on any atom is 0.227 e. The standard InChI is InChI=1S/C14H17N3O/c1-10-8-13(9-11(2)18)17-14(15-10)16-12-6-4-3-5-7-12/h3-8,11,18H,9H2,1-2H3,(H,15,16,17). The van der Waals surface area contributed by atoms with E-state index in [1.54, 1.807) is 6.92 Å². The summed E-state index contributed by atoms with van der Waals surface area (Å²) < 4.78 is 0. The Balaban J connectivity index is 2.20. The lowest BCUT2D eigenvalue weighted by molar-refractivity contribution is 0.194. The molecule has 0 saturated carbocycles. The van der Waals surface area contributed by atoms with Gasteiger partial charge in [-0.2, -0.15) is 0 Å². The van der Waals surface area contributed by atoms with Gasteiger partial charge in [0.05, 0.1) is 6.10 Å². The summed E-state index contributed by atoms with van der Waals surface area (Å²) in [5.74, 6) is 0.567. The quantitative estimate of drug-likeness (QED) is 0.866. The molecule has 1 heterocycles. The number of aryl methyl sites for hydroxylation is 1. The van der Waals surface area contributed by atoms with E-state index in [0.717, 1.165) is 17.1 Å². The zero-order chi connectivity index (χ0) is 13.0. The van der Waals surface area contributed by atoms with E-state index in [9.17, 15) is 5.11 Å². The first-order valence-electron chi connectivity index (χ1n) is 5.98. The summed E-state index contributed by atoms with van der Waals surface area (Å²) in [5, 5.41) is 12.6. The monoisotopic (exact) mass is 243 g/mol. The van der Waals surface area contributed by atoms with Crippen LogP contribution in [-0.2, 0) is 6.42 Å². The van der Waals surface area contributed by atoms with Crippen molar-refractivity contribution in [3.05, 3.63) is 47.8 Å². The van der Waals surface area contributed by atoms with Crippen molar-refractivity contribution in [1.29, 1.82) is 0 Å². The van der Waals surface area contributed by atoms with E-state index in [2.05, 4.69) is 15.3 Å². The molecular formula is C14H17N3O. The van der Waals surface area contributed by atoms with Gasteiger partial charge in [0.2, 0.25) is 5.95 Å². The number of nitrogens with zero attached hydrogens (tertiary/aromatic N) is 2. The van der Waals surface area contributed by atoms with Crippen molar-refractivity contribution in [2.75, 3.05) is 5.32 Å². The molecule has 0 spiro atoms. The summed E-state index contributed by atoms with van der Waals surface area (Å²) in [7, 11) is 0. The third kappa shape index (κ3) is 3.53. The number of hydrogen-bond donors (Lipinski definition) is 2. The number of aliphatic hydroxyl groups is 1. The third-order valence-electron chi connectivity index (χ3n) is 2.44. The summed E-state index contributed by atoms with van der Waals surface area (Å²) in [4.78, 5) is 8.72. The number of rotatable bonds is 4. The maximum absolute atomic E-state index is 9.40. The minimum absolute atomic E-state index is 0.399. The minimum atomic E-state index is -0.399. The van der Waals surface area contributed by atoms with Crippen LogP contribution in [0.25, 0.3) is 0 Å². The summed E-state index contributed by atoms with van der Waals surface area (Å²) in [6, 6.07) is 11.7. The van der Waals surface area contributed by atoms with E-state index in [-0.39, 0.29) is 0 Å². The van der Waals surface area contributed by atoms with Crippen LogP contribution in [-0.4, -0.2) is 21.2 Å². The van der Waals surface area contributed by atoms with Crippen LogP contribution in [0.5, 0.6) is 0 Å². The Kier molecular flexibility index (Phi) is 3.89. The molecule has 1 atom stereocenters. The van der Waals surface area contributed by atoms with Crippen molar-refractivity contribution in [3.63, 3.8) is 0 Å². The fraction of sp³-hybridized carbons (Fsp3) is 0.286. The number of anilines is 2. The van der Waals surface area contributed by atoms with Gasteiger partial charge in [-0.3, -0.25) is 0 Å². The van der Waals surface area contributed by atoms with E-state index < -0.39 is 6.10 Å². The van der Waals surface area contributed by atoms with Gasteiger partial charge >= 0.3 is 0 Å². The highest BCUT2D eigenvalue weighted by molar-refractivity contribution is 5.52. The van der Waals surface area contributed by atoms with Gasteiger partial charge in [-0.15, -0.1) is 0 Å². The molecule has 4 heteroatoms. The van der Waals surface area contributed by atoms with Crippen molar-refractivity contribution >= 4 is 11.6 Å². The van der Waals surface area contributed by atoms with Crippen LogP contribution < -0.4 is 5.32 Å². The Morgan fingerprint density at radius 2 is 1.94 bits per heavy atom. The number of aliphatic hydroxyl groups excluding tert-OH is 1. The third-order valence-corrected chi connectivity index (χ3v) is 2.44. The molecule has 1 unspecified atom stereocenters. The number of benzene rings is 1. The highest BCUT2D eigenvalue weighted by Crippen LogP contribution is 2.13. The van der Waals surface area contributed by atoms with E-state index >= 15 is 0 Å². The largest absolute Gasteiger partial charge is 0.393 e. The molecular weight excluding hydrogens is 226 g/mol. The Labute approximate surface area is 107 Å². The van der Waals surface area contributed by atoms with Crippen LogP contribution in [0.2, 0.25) is 0 Å². The van der Waals surface area contributed by atoms with Gasteiger partial charge in [-0.05, 0) is 32.0 Å². The van der Waals surface area contributed by atoms with Gasteiger partial charge in [0, 0.05) is 23.5 Å². The van der Waals surface area contributed by atoms with Crippen LogP contribution in [0.4, 0.5) is 11.6 Å². The van der Waals surface area contributed by atoms with Gasteiger partial charge in [0.1, 0.15) is 0 Å². The highest BCUT2D eigenvalue weighted by Gasteiger charge is 2.05. The zero-order valence-corrected chi connectivity index (χ0v) is 10.6. The number of para-hydroxylation sites is 1. The van der Waals surface area contributed by atoms with E-state index in [0.29, 0.717) is 12.4 Å². The second-order valence-corrected chi connectivity index (χ2v) is 4.37. The molecule has 0 fully saturated rings. The molecule has 0 bridgehead atoms. The molecule has 0 amide bonds. The van der Waals surface area contributed by atoms with Crippen LogP contribution in [0.1, 0.15) is 18.3 Å².